The molecule has 6 nitrogen and oxygen atoms in total. The van der Waals surface area contributed by atoms with Crippen LogP contribution in [0.2, 0.25) is 5.02 Å². The smallest absolute Gasteiger partial charge is 0.380 e. The monoisotopic (exact) mass is 484 g/mol. The Morgan fingerprint density at radius 2 is 2.00 bits per heavy atom. The van der Waals surface area contributed by atoms with E-state index in [9.17, 15) is 27.2 Å². The van der Waals surface area contributed by atoms with E-state index in [0.717, 1.165) is 12.6 Å². The first-order valence-electron chi connectivity index (χ1n) is 10.3. The van der Waals surface area contributed by atoms with Crippen LogP contribution in [-0.4, -0.2) is 47.5 Å². The number of anilines is 1. The molecule has 2 N–H and O–H groups in total. The summed E-state index contributed by atoms with van der Waals surface area (Å²) in [5.41, 5.74) is 1.50. The van der Waals surface area contributed by atoms with Crippen molar-refractivity contribution in [2.75, 3.05) is 18.9 Å². The van der Waals surface area contributed by atoms with Crippen LogP contribution in [0.25, 0.3) is 0 Å². The number of aromatic nitrogens is 1. The average Bonchev–Trinajstić information content (AvgIpc) is 3.37. The first kappa shape index (κ1) is 23.3. The Kier molecular flexibility index (Phi) is 6.22. The summed E-state index contributed by atoms with van der Waals surface area (Å²) in [5.74, 6) is -2.43. The molecule has 1 aliphatic carbocycles. The Morgan fingerprint density at radius 3 is 2.61 bits per heavy atom. The molecule has 1 aromatic carbocycles. The van der Waals surface area contributed by atoms with Gasteiger partial charge < -0.3 is 15.5 Å². The Bertz CT molecular complexity index is 1080. The standard InChI is InChI=1S/C22H21ClF4N4O2/c1-31(21(33)12-7-18(32)29-9-12)20(22(25,26)27)17-5-3-13(10-28-17)30-14-6-11-2-4-16(23)19(24)15(11)8-14/h2-5,10,12,14,20,30H,6-9H2,1H3,(H,29,32)/t12-,14?,20-/m0/s1. The van der Waals surface area contributed by atoms with Crippen molar-refractivity contribution in [2.45, 2.75) is 37.5 Å². The second-order valence-electron chi connectivity index (χ2n) is 8.32. The number of benzene rings is 1. The lowest BCUT2D eigenvalue weighted by molar-refractivity contribution is -0.191. The van der Waals surface area contributed by atoms with Crippen molar-refractivity contribution >= 4 is 29.1 Å². The van der Waals surface area contributed by atoms with E-state index in [1.165, 1.54) is 24.4 Å². The number of amides is 2. The molecule has 2 aliphatic rings. The molecule has 1 fully saturated rings. The van der Waals surface area contributed by atoms with Crippen molar-refractivity contribution in [3.8, 4) is 0 Å². The number of nitrogens with one attached hydrogen (secondary N) is 2. The minimum absolute atomic E-state index is 0.0124. The van der Waals surface area contributed by atoms with Gasteiger partial charge in [-0.2, -0.15) is 13.2 Å². The Balaban J connectivity index is 1.47. The molecule has 0 saturated carbocycles. The largest absolute Gasteiger partial charge is 0.414 e. The van der Waals surface area contributed by atoms with Crippen molar-refractivity contribution in [2.24, 2.45) is 5.92 Å². The number of hydrogen-bond donors (Lipinski definition) is 2. The zero-order valence-corrected chi connectivity index (χ0v) is 18.3. The van der Waals surface area contributed by atoms with Crippen LogP contribution in [0.1, 0.15) is 29.3 Å². The molecule has 0 radical (unpaired) electrons. The zero-order valence-electron chi connectivity index (χ0n) is 17.5. The van der Waals surface area contributed by atoms with Crippen molar-refractivity contribution in [3.63, 3.8) is 0 Å². The van der Waals surface area contributed by atoms with Crippen LogP contribution in [0.15, 0.2) is 30.5 Å². The van der Waals surface area contributed by atoms with Gasteiger partial charge in [0, 0.05) is 26.1 Å². The summed E-state index contributed by atoms with van der Waals surface area (Å²) < 4.78 is 55.8. The van der Waals surface area contributed by atoms with Crippen molar-refractivity contribution < 1.29 is 27.2 Å². The first-order chi connectivity index (χ1) is 15.5. The van der Waals surface area contributed by atoms with Crippen LogP contribution in [0.5, 0.6) is 0 Å². The summed E-state index contributed by atoms with van der Waals surface area (Å²) in [5, 5.41) is 5.67. The van der Waals surface area contributed by atoms with Crippen LogP contribution in [0, 0.1) is 11.7 Å². The van der Waals surface area contributed by atoms with Gasteiger partial charge in [0.15, 0.2) is 6.04 Å². The maximum absolute atomic E-state index is 14.2. The minimum Gasteiger partial charge on any atom is -0.380 e. The summed E-state index contributed by atoms with van der Waals surface area (Å²) in [6, 6.07) is 3.52. The molecule has 0 spiro atoms. The number of alkyl halides is 3. The number of halogens is 5. The molecule has 176 valence electrons. The molecule has 1 unspecified atom stereocenters. The van der Waals surface area contributed by atoms with Gasteiger partial charge in [0.05, 0.1) is 28.5 Å². The third kappa shape index (κ3) is 4.75. The second kappa shape index (κ2) is 8.81. The van der Waals surface area contributed by atoms with E-state index in [1.54, 1.807) is 6.07 Å². The molecule has 3 atom stereocenters. The SMILES string of the molecule is CN(C(=O)[C@@H]1CNC(=O)C1)[C@@H](c1ccc(NC2Cc3ccc(Cl)c(F)c3C2)cn1)C(F)(F)F. The highest BCUT2D eigenvalue weighted by atomic mass is 35.5. The van der Waals surface area contributed by atoms with Crippen LogP contribution in [0.3, 0.4) is 0 Å². The van der Waals surface area contributed by atoms with Gasteiger partial charge in [0.1, 0.15) is 5.82 Å². The van der Waals surface area contributed by atoms with Gasteiger partial charge in [-0.3, -0.25) is 14.6 Å². The Labute approximate surface area is 192 Å². The van der Waals surface area contributed by atoms with E-state index in [0.29, 0.717) is 29.0 Å². The number of carbonyl (C=O) groups is 2. The van der Waals surface area contributed by atoms with E-state index < -0.39 is 29.9 Å². The second-order valence-corrected chi connectivity index (χ2v) is 8.73. The number of fused-ring (bicyclic) bond motifs is 1. The lowest BCUT2D eigenvalue weighted by atomic mass is 10.0. The fourth-order valence-corrected chi connectivity index (χ4v) is 4.58. The highest BCUT2D eigenvalue weighted by Crippen LogP contribution is 2.37. The van der Waals surface area contributed by atoms with E-state index in [1.807, 2.05) is 0 Å². The van der Waals surface area contributed by atoms with Crippen LogP contribution >= 0.6 is 11.6 Å². The highest BCUT2D eigenvalue weighted by Gasteiger charge is 2.47. The first-order valence-corrected chi connectivity index (χ1v) is 10.7. The molecule has 1 aromatic heterocycles. The van der Waals surface area contributed by atoms with E-state index in [-0.39, 0.29) is 35.6 Å². The summed E-state index contributed by atoms with van der Waals surface area (Å²) in [4.78, 5) is 28.5. The predicted octanol–water partition coefficient (Wildman–Crippen LogP) is 3.65. The van der Waals surface area contributed by atoms with Gasteiger partial charge in [-0.15, -0.1) is 0 Å². The minimum atomic E-state index is -4.76. The topological polar surface area (TPSA) is 74.3 Å². The molecule has 0 bridgehead atoms. The van der Waals surface area contributed by atoms with Gasteiger partial charge in [-0.1, -0.05) is 17.7 Å². The zero-order chi connectivity index (χ0) is 23.9. The Hall–Kier alpha value is -2.88. The number of carbonyl (C=O) groups excluding carboxylic acids is 2. The lowest BCUT2D eigenvalue weighted by Crippen LogP contribution is -2.43. The maximum Gasteiger partial charge on any atom is 0.414 e. The van der Waals surface area contributed by atoms with E-state index in [2.05, 4.69) is 15.6 Å². The fraction of sp³-hybridized carbons (Fsp3) is 0.409. The summed E-state index contributed by atoms with van der Waals surface area (Å²) in [6.07, 6.45) is -2.70. The summed E-state index contributed by atoms with van der Waals surface area (Å²) >= 11 is 5.84. The van der Waals surface area contributed by atoms with Gasteiger partial charge in [-0.25, -0.2) is 4.39 Å². The molecule has 1 saturated heterocycles. The van der Waals surface area contributed by atoms with Gasteiger partial charge in [-0.05, 0) is 42.2 Å². The molecular weight excluding hydrogens is 464 g/mol. The molecule has 1 aliphatic heterocycles. The number of hydrogen-bond acceptors (Lipinski definition) is 4. The van der Waals surface area contributed by atoms with Crippen LogP contribution in [-0.2, 0) is 22.4 Å². The van der Waals surface area contributed by atoms with Crippen LogP contribution < -0.4 is 10.6 Å². The molecular formula is C22H21ClF4N4O2. The predicted molar refractivity (Wildman–Crippen MR) is 113 cm³/mol. The highest BCUT2D eigenvalue weighted by molar-refractivity contribution is 6.30. The van der Waals surface area contributed by atoms with Crippen LogP contribution in [0.4, 0.5) is 23.2 Å². The number of pyridine rings is 1. The number of rotatable bonds is 5. The quantitative estimate of drug-likeness (QED) is 0.635. The van der Waals surface area contributed by atoms with Gasteiger partial charge in [0.2, 0.25) is 11.8 Å². The van der Waals surface area contributed by atoms with Crippen molar-refractivity contribution in [1.82, 2.24) is 15.2 Å². The fourth-order valence-electron chi connectivity index (χ4n) is 4.40. The molecule has 2 amide bonds. The molecule has 2 aromatic rings. The molecule has 4 rings (SSSR count). The summed E-state index contributed by atoms with van der Waals surface area (Å²) in [7, 11) is 1.06. The van der Waals surface area contributed by atoms with Crippen molar-refractivity contribution in [3.05, 3.63) is 58.1 Å². The normalized spacial score (nSPS) is 20.8. The van der Waals surface area contributed by atoms with E-state index >= 15 is 0 Å². The van der Waals surface area contributed by atoms with E-state index in [4.69, 9.17) is 11.6 Å². The average molecular weight is 485 g/mol. The van der Waals surface area contributed by atoms with Gasteiger partial charge >= 0.3 is 6.18 Å². The Morgan fingerprint density at radius 1 is 1.24 bits per heavy atom. The van der Waals surface area contributed by atoms with Gasteiger partial charge in [0.25, 0.3) is 0 Å². The third-order valence-corrected chi connectivity index (χ3v) is 6.31. The summed E-state index contributed by atoms with van der Waals surface area (Å²) in [6.45, 7) is 0.0124. The third-order valence-electron chi connectivity index (χ3n) is 6.02. The number of nitrogens with zero attached hydrogens (tertiary/aromatic N) is 2. The van der Waals surface area contributed by atoms with Crippen molar-refractivity contribution in [1.29, 1.82) is 0 Å². The molecule has 33 heavy (non-hydrogen) atoms. The molecule has 2 heterocycles. The molecule has 11 heteroatoms. The maximum atomic E-state index is 14.2. The lowest BCUT2D eigenvalue weighted by Gasteiger charge is -2.31.